The van der Waals surface area contributed by atoms with E-state index in [9.17, 15) is 29.1 Å². The second kappa shape index (κ2) is 27.6. The van der Waals surface area contributed by atoms with Crippen molar-refractivity contribution in [3.05, 3.63) is 35.9 Å². The Bertz CT molecular complexity index is 1510. The summed E-state index contributed by atoms with van der Waals surface area (Å²) in [4.78, 5) is 70.8. The van der Waals surface area contributed by atoms with Crippen LogP contribution in [0, 0.1) is 29.6 Å². The molecule has 1 saturated carbocycles. The van der Waals surface area contributed by atoms with Crippen LogP contribution < -0.4 is 16.0 Å². The van der Waals surface area contributed by atoms with E-state index in [0.29, 0.717) is 25.8 Å². The summed E-state index contributed by atoms with van der Waals surface area (Å²) in [5.74, 6) is -2.59. The van der Waals surface area contributed by atoms with Gasteiger partial charge in [-0.2, -0.15) is 0 Å². The minimum absolute atomic E-state index is 0.00192. The molecular weight excluding hydrogens is 787 g/mol. The molecule has 1 aliphatic carbocycles. The molecule has 1 aliphatic rings. The molecule has 1 fully saturated rings. The van der Waals surface area contributed by atoms with E-state index in [1.807, 2.05) is 65.1 Å². The number of nitrogens with zero attached hydrogens (tertiary/aromatic N) is 2. The number of likely N-dealkylation sites (N-methyl/N-ethyl adjacent to an activating group) is 2. The van der Waals surface area contributed by atoms with Crippen LogP contribution in [0.3, 0.4) is 0 Å². The highest BCUT2D eigenvalue weighted by Gasteiger charge is 2.60. The third kappa shape index (κ3) is 16.5. The summed E-state index contributed by atoms with van der Waals surface area (Å²) in [5.41, 5.74) is 0.124. The van der Waals surface area contributed by atoms with Gasteiger partial charge in [0.25, 0.3) is 0 Å². The summed E-state index contributed by atoms with van der Waals surface area (Å²) in [6.45, 7) is 17.3. The van der Waals surface area contributed by atoms with Crippen molar-refractivity contribution in [2.75, 3.05) is 41.4 Å². The summed E-state index contributed by atoms with van der Waals surface area (Å²) >= 11 is 0. The van der Waals surface area contributed by atoms with Gasteiger partial charge in [-0.3, -0.25) is 24.1 Å². The number of carbonyl (C=O) groups is 5. The molecule has 13 nitrogen and oxygen atoms in total. The van der Waals surface area contributed by atoms with E-state index in [1.165, 1.54) is 32.1 Å². The Balaban J connectivity index is 2.00. The Kier molecular flexibility index (Phi) is 24.3. The first kappa shape index (κ1) is 54.6. The predicted molar refractivity (Wildman–Crippen MR) is 246 cm³/mol. The maximum absolute atomic E-state index is 14.4. The summed E-state index contributed by atoms with van der Waals surface area (Å²) in [6.07, 6.45) is 10.9. The van der Waals surface area contributed by atoms with E-state index in [4.69, 9.17) is 9.47 Å². The first-order valence-electron chi connectivity index (χ1n) is 23.6. The van der Waals surface area contributed by atoms with Crippen molar-refractivity contribution in [2.24, 2.45) is 29.6 Å². The number of ether oxygens (including phenoxy) is 2. The molecule has 0 heterocycles. The van der Waals surface area contributed by atoms with E-state index < -0.39 is 41.7 Å². The van der Waals surface area contributed by atoms with Crippen LogP contribution in [0.25, 0.3) is 0 Å². The molecule has 4 amide bonds. The smallest absolute Gasteiger partial charge is 0.326 e. The maximum atomic E-state index is 14.4. The second-order valence-corrected chi connectivity index (χ2v) is 18.7. The first-order valence-corrected chi connectivity index (χ1v) is 23.6. The van der Waals surface area contributed by atoms with Crippen LogP contribution in [-0.4, -0.2) is 122 Å². The fourth-order valence-electron chi connectivity index (χ4n) is 9.20. The topological polar surface area (TPSA) is 167 Å². The number of carboxylic acids is 1. The molecule has 0 unspecified atom stereocenters. The quantitative estimate of drug-likeness (QED) is 0.0566. The van der Waals surface area contributed by atoms with Gasteiger partial charge in [0.1, 0.15) is 12.1 Å². The Morgan fingerprint density at radius 1 is 0.839 bits per heavy atom. The second-order valence-electron chi connectivity index (χ2n) is 18.7. The number of benzene rings is 1. The average molecular weight is 872 g/mol. The summed E-state index contributed by atoms with van der Waals surface area (Å²) in [5, 5.41) is 18.7. The number of rotatable bonds is 32. The molecule has 2 rings (SSSR count). The lowest BCUT2D eigenvalue weighted by Gasteiger charge is -2.40. The number of hydrogen-bond donors (Lipinski definition) is 4. The number of aliphatic carboxylic acids is 1. The SMILES string of the molecule is CCCCCCCCCN(C)[C@H](C(=O)N[C@H](C(=O)N(C)[C@@H]([C@@H](C)CC)[C@@H](CC(=O)NCCC[C@@H]1C[C@@]1(OC)[C@@H](C)C(=O)N[C@@H](Cc1ccccc1)C(=O)O)OC)C(C)C)C(C)C. The standard InChI is InChI=1S/C49H85N5O8/c1-13-15-16-17-18-19-23-29-53(9)43(34(5)6)46(57)52-42(33(3)4)47(58)54(10)44(35(7)14-2)40(61-11)31-41(55)50-28-24-27-38-32-49(38,62-12)36(8)45(56)51-39(48(59)60)30-37-25-21-20-22-26-37/h20-22,25-26,33-36,38-40,42-44H,13-19,23-24,27-32H2,1-12H3,(H,50,55)(H,51,56)(H,52,57)(H,59,60)/t35-,36-,38+,39-,40+,42-,43-,44-,49+/m0/s1. The van der Waals surface area contributed by atoms with Crippen molar-refractivity contribution in [3.8, 4) is 0 Å². The van der Waals surface area contributed by atoms with Crippen molar-refractivity contribution in [2.45, 2.75) is 175 Å². The third-order valence-electron chi connectivity index (χ3n) is 13.4. The van der Waals surface area contributed by atoms with Crippen molar-refractivity contribution in [1.29, 1.82) is 0 Å². The first-order chi connectivity index (χ1) is 29.4. The fraction of sp³-hybridized carbons (Fsp3) is 0.776. The van der Waals surface area contributed by atoms with Crippen LogP contribution in [0.4, 0.5) is 0 Å². The number of nitrogens with one attached hydrogen (secondary N) is 3. The summed E-state index contributed by atoms with van der Waals surface area (Å²) in [7, 11) is 6.90. The normalized spacial score (nSPS) is 19.6. The van der Waals surface area contributed by atoms with E-state index in [2.05, 4.69) is 41.6 Å². The van der Waals surface area contributed by atoms with Crippen molar-refractivity contribution in [3.63, 3.8) is 0 Å². The van der Waals surface area contributed by atoms with E-state index in [1.54, 1.807) is 33.1 Å². The fourth-order valence-corrected chi connectivity index (χ4v) is 9.20. The molecule has 1 aromatic rings. The minimum Gasteiger partial charge on any atom is -0.480 e. The molecule has 0 saturated heterocycles. The largest absolute Gasteiger partial charge is 0.480 e. The highest BCUT2D eigenvalue weighted by atomic mass is 16.5. The highest BCUT2D eigenvalue weighted by Crippen LogP contribution is 2.54. The lowest BCUT2D eigenvalue weighted by molar-refractivity contribution is -0.144. The van der Waals surface area contributed by atoms with Gasteiger partial charge in [0.15, 0.2) is 0 Å². The zero-order valence-electron chi connectivity index (χ0n) is 40.5. The molecule has 0 bridgehead atoms. The van der Waals surface area contributed by atoms with Gasteiger partial charge in [-0.15, -0.1) is 0 Å². The maximum Gasteiger partial charge on any atom is 0.326 e. The number of methoxy groups -OCH3 is 2. The third-order valence-corrected chi connectivity index (χ3v) is 13.4. The van der Waals surface area contributed by atoms with Crippen molar-refractivity contribution >= 4 is 29.6 Å². The number of amides is 4. The van der Waals surface area contributed by atoms with Gasteiger partial charge >= 0.3 is 5.97 Å². The number of carbonyl (C=O) groups excluding carboxylic acids is 4. The lowest BCUT2D eigenvalue weighted by atomic mass is 9.89. The van der Waals surface area contributed by atoms with Gasteiger partial charge in [-0.05, 0) is 68.5 Å². The summed E-state index contributed by atoms with van der Waals surface area (Å²) < 4.78 is 11.9. The van der Waals surface area contributed by atoms with Crippen LogP contribution in [0.5, 0.6) is 0 Å². The Morgan fingerprint density at radius 3 is 2.02 bits per heavy atom. The molecule has 0 aliphatic heterocycles. The molecular formula is C49H85N5O8. The van der Waals surface area contributed by atoms with Gasteiger partial charge in [-0.25, -0.2) is 4.79 Å². The van der Waals surface area contributed by atoms with Crippen LogP contribution in [0.1, 0.15) is 138 Å². The molecule has 0 spiro atoms. The Morgan fingerprint density at radius 2 is 1.47 bits per heavy atom. The molecule has 62 heavy (non-hydrogen) atoms. The van der Waals surface area contributed by atoms with Gasteiger partial charge in [-0.1, -0.05) is 131 Å². The van der Waals surface area contributed by atoms with Crippen LogP contribution in [-0.2, 0) is 39.9 Å². The van der Waals surface area contributed by atoms with E-state index in [-0.39, 0.29) is 66.2 Å². The van der Waals surface area contributed by atoms with Crippen LogP contribution in [0.2, 0.25) is 0 Å². The highest BCUT2D eigenvalue weighted by molar-refractivity contribution is 5.90. The van der Waals surface area contributed by atoms with Gasteiger partial charge in [0.05, 0.1) is 36.1 Å². The zero-order valence-corrected chi connectivity index (χ0v) is 40.5. The number of hydrogen-bond acceptors (Lipinski definition) is 8. The molecule has 0 radical (unpaired) electrons. The molecule has 9 atom stereocenters. The van der Waals surface area contributed by atoms with Crippen LogP contribution >= 0.6 is 0 Å². The van der Waals surface area contributed by atoms with Gasteiger partial charge in [0, 0.05) is 34.2 Å². The average Bonchev–Trinajstić information content (AvgIpc) is 3.96. The molecule has 354 valence electrons. The Hall–Kier alpha value is -3.55. The molecule has 1 aromatic carbocycles. The molecule has 4 N–H and O–H groups in total. The molecule has 0 aromatic heterocycles. The zero-order chi connectivity index (χ0) is 46.6. The van der Waals surface area contributed by atoms with E-state index in [0.717, 1.165) is 31.4 Å². The summed E-state index contributed by atoms with van der Waals surface area (Å²) in [6, 6.07) is 6.61. The lowest BCUT2D eigenvalue weighted by Crippen LogP contribution is -2.59. The number of unbranched alkanes of at least 4 members (excludes halogenated alkanes) is 6. The van der Waals surface area contributed by atoms with Crippen LogP contribution in [0.15, 0.2) is 30.3 Å². The van der Waals surface area contributed by atoms with E-state index >= 15 is 0 Å². The molecule has 13 heteroatoms. The number of carboxylic acid groups (broad SMARTS) is 1. The van der Waals surface area contributed by atoms with Crippen molar-refractivity contribution < 1.29 is 38.6 Å². The Labute approximate surface area is 374 Å². The van der Waals surface area contributed by atoms with Gasteiger partial charge < -0.3 is 35.4 Å². The minimum atomic E-state index is -1.09. The predicted octanol–water partition coefficient (Wildman–Crippen LogP) is 6.86. The monoisotopic (exact) mass is 872 g/mol. The van der Waals surface area contributed by atoms with Crippen molar-refractivity contribution in [1.82, 2.24) is 25.8 Å². The van der Waals surface area contributed by atoms with Gasteiger partial charge in [0.2, 0.25) is 23.6 Å².